The Kier molecular flexibility index (Phi) is 4.17. The van der Waals surface area contributed by atoms with Gasteiger partial charge in [-0.2, -0.15) is 0 Å². The van der Waals surface area contributed by atoms with Crippen LogP contribution in [-0.4, -0.2) is 58.4 Å². The number of rotatable bonds is 4. The Bertz CT molecular complexity index is 632. The zero-order valence-corrected chi connectivity index (χ0v) is 11.9. The molecule has 1 fully saturated rings. The second-order valence-corrected chi connectivity index (χ2v) is 5.09. The molecule has 2 aromatic rings. The van der Waals surface area contributed by atoms with Gasteiger partial charge in [0, 0.05) is 38.6 Å². The first-order valence-electron chi connectivity index (χ1n) is 7.23. The molecule has 0 saturated carbocycles. The van der Waals surface area contributed by atoms with Crippen molar-refractivity contribution in [1.29, 1.82) is 0 Å². The number of amides is 1. The lowest BCUT2D eigenvalue weighted by Gasteiger charge is -2.26. The SMILES string of the molecule is O=C(c1cn(CCCO)c2cccnc12)N1CCOCC1. The minimum absolute atomic E-state index is 0.00440. The topological polar surface area (TPSA) is 67.6 Å². The first-order chi connectivity index (χ1) is 10.3. The highest BCUT2D eigenvalue weighted by Crippen LogP contribution is 2.21. The quantitative estimate of drug-likeness (QED) is 0.907. The fourth-order valence-corrected chi connectivity index (χ4v) is 2.64. The monoisotopic (exact) mass is 289 g/mol. The summed E-state index contributed by atoms with van der Waals surface area (Å²) in [5, 5.41) is 9.00. The van der Waals surface area contributed by atoms with Crippen LogP contribution in [0.4, 0.5) is 0 Å². The van der Waals surface area contributed by atoms with E-state index in [1.165, 1.54) is 0 Å². The number of carbonyl (C=O) groups excluding carboxylic acids is 1. The summed E-state index contributed by atoms with van der Waals surface area (Å²) in [6.07, 6.45) is 4.21. The predicted molar refractivity (Wildman–Crippen MR) is 78.2 cm³/mol. The number of hydrogen-bond donors (Lipinski definition) is 1. The molecule has 0 radical (unpaired) electrons. The van der Waals surface area contributed by atoms with Crippen LogP contribution in [-0.2, 0) is 11.3 Å². The molecular weight excluding hydrogens is 270 g/mol. The van der Waals surface area contributed by atoms with Gasteiger partial charge in [-0.1, -0.05) is 0 Å². The van der Waals surface area contributed by atoms with Gasteiger partial charge >= 0.3 is 0 Å². The van der Waals surface area contributed by atoms with Gasteiger partial charge in [0.05, 0.1) is 24.3 Å². The van der Waals surface area contributed by atoms with E-state index in [1.54, 1.807) is 6.20 Å². The van der Waals surface area contributed by atoms with Crippen molar-refractivity contribution in [3.63, 3.8) is 0 Å². The number of aliphatic hydroxyl groups excluding tert-OH is 1. The van der Waals surface area contributed by atoms with Crippen molar-refractivity contribution in [2.75, 3.05) is 32.9 Å². The highest BCUT2D eigenvalue weighted by atomic mass is 16.5. The van der Waals surface area contributed by atoms with Gasteiger partial charge < -0.3 is 19.3 Å². The predicted octanol–water partition coefficient (Wildman–Crippen LogP) is 0.891. The minimum atomic E-state index is 0.00440. The van der Waals surface area contributed by atoms with E-state index in [1.807, 2.05) is 27.8 Å². The Morgan fingerprint density at radius 1 is 1.38 bits per heavy atom. The zero-order chi connectivity index (χ0) is 14.7. The smallest absolute Gasteiger partial charge is 0.257 e. The van der Waals surface area contributed by atoms with Crippen LogP contribution in [0.2, 0.25) is 0 Å². The maximum atomic E-state index is 12.7. The van der Waals surface area contributed by atoms with Gasteiger partial charge in [-0.25, -0.2) is 0 Å². The lowest BCUT2D eigenvalue weighted by molar-refractivity contribution is 0.0304. The number of fused-ring (bicyclic) bond motifs is 1. The van der Waals surface area contributed by atoms with Crippen LogP contribution < -0.4 is 0 Å². The molecule has 21 heavy (non-hydrogen) atoms. The van der Waals surface area contributed by atoms with Crippen LogP contribution in [0, 0.1) is 0 Å². The summed E-state index contributed by atoms with van der Waals surface area (Å²) < 4.78 is 7.28. The van der Waals surface area contributed by atoms with Gasteiger partial charge in [0.15, 0.2) is 0 Å². The third-order valence-electron chi connectivity index (χ3n) is 3.72. The van der Waals surface area contributed by atoms with Gasteiger partial charge in [0.2, 0.25) is 0 Å². The number of aliphatic hydroxyl groups is 1. The standard InChI is InChI=1S/C15H19N3O3/c19-8-2-5-18-11-12(14-13(18)3-1-4-16-14)15(20)17-6-9-21-10-7-17/h1,3-4,11,19H,2,5-10H2. The van der Waals surface area contributed by atoms with Crippen LogP contribution in [0.5, 0.6) is 0 Å². The summed E-state index contributed by atoms with van der Waals surface area (Å²) in [4.78, 5) is 18.8. The molecule has 0 aromatic carbocycles. The fraction of sp³-hybridized carbons (Fsp3) is 0.467. The number of carbonyl (C=O) groups is 1. The highest BCUT2D eigenvalue weighted by Gasteiger charge is 2.23. The molecule has 1 amide bonds. The van der Waals surface area contributed by atoms with E-state index in [4.69, 9.17) is 9.84 Å². The Morgan fingerprint density at radius 3 is 2.95 bits per heavy atom. The second-order valence-electron chi connectivity index (χ2n) is 5.09. The van der Waals surface area contributed by atoms with Crippen LogP contribution in [0.1, 0.15) is 16.8 Å². The molecule has 0 unspecified atom stereocenters. The van der Waals surface area contributed by atoms with E-state index < -0.39 is 0 Å². The average Bonchev–Trinajstić information content (AvgIpc) is 2.92. The third kappa shape index (κ3) is 2.77. The van der Waals surface area contributed by atoms with Gasteiger partial charge in [-0.15, -0.1) is 0 Å². The van der Waals surface area contributed by atoms with E-state index >= 15 is 0 Å². The maximum absolute atomic E-state index is 12.7. The van der Waals surface area contributed by atoms with E-state index in [0.29, 0.717) is 44.8 Å². The van der Waals surface area contributed by atoms with Gasteiger partial charge in [-0.3, -0.25) is 9.78 Å². The molecule has 6 nitrogen and oxygen atoms in total. The second kappa shape index (κ2) is 6.24. The van der Waals surface area contributed by atoms with Crippen LogP contribution in [0.15, 0.2) is 24.5 Å². The number of nitrogens with zero attached hydrogens (tertiary/aromatic N) is 3. The molecule has 0 spiro atoms. The normalized spacial score (nSPS) is 15.6. The number of morpholine rings is 1. The summed E-state index contributed by atoms with van der Waals surface area (Å²) in [5.41, 5.74) is 2.29. The molecule has 1 N–H and O–H groups in total. The van der Waals surface area contributed by atoms with Gasteiger partial charge in [-0.05, 0) is 18.6 Å². The van der Waals surface area contributed by atoms with Crippen molar-refractivity contribution in [3.05, 3.63) is 30.1 Å². The highest BCUT2D eigenvalue weighted by molar-refractivity contribution is 6.05. The lowest BCUT2D eigenvalue weighted by Crippen LogP contribution is -2.40. The van der Waals surface area contributed by atoms with Crippen molar-refractivity contribution in [1.82, 2.24) is 14.5 Å². The van der Waals surface area contributed by atoms with Crippen LogP contribution >= 0.6 is 0 Å². The summed E-state index contributed by atoms with van der Waals surface area (Å²) in [7, 11) is 0. The number of hydrogen-bond acceptors (Lipinski definition) is 4. The summed E-state index contributed by atoms with van der Waals surface area (Å²) >= 11 is 0. The summed E-state index contributed by atoms with van der Waals surface area (Å²) in [6.45, 7) is 3.22. The van der Waals surface area contributed by atoms with Gasteiger partial charge in [0.1, 0.15) is 5.52 Å². The van der Waals surface area contributed by atoms with Crippen molar-refractivity contribution in [3.8, 4) is 0 Å². The molecule has 2 aromatic heterocycles. The van der Waals surface area contributed by atoms with Crippen molar-refractivity contribution < 1.29 is 14.6 Å². The van der Waals surface area contributed by atoms with Crippen LogP contribution in [0.3, 0.4) is 0 Å². The largest absolute Gasteiger partial charge is 0.396 e. The van der Waals surface area contributed by atoms with E-state index in [2.05, 4.69) is 4.98 Å². The molecule has 112 valence electrons. The first-order valence-corrected chi connectivity index (χ1v) is 7.23. The molecule has 6 heteroatoms. The fourth-order valence-electron chi connectivity index (χ4n) is 2.64. The number of ether oxygens (including phenoxy) is 1. The Balaban J connectivity index is 1.95. The molecule has 0 aliphatic carbocycles. The molecular formula is C15H19N3O3. The average molecular weight is 289 g/mol. The number of aromatic nitrogens is 2. The lowest BCUT2D eigenvalue weighted by atomic mass is 10.2. The van der Waals surface area contributed by atoms with E-state index in [0.717, 1.165) is 11.0 Å². The minimum Gasteiger partial charge on any atom is -0.396 e. The molecule has 1 aliphatic rings. The molecule has 0 bridgehead atoms. The summed E-state index contributed by atoms with van der Waals surface area (Å²) in [5.74, 6) is 0.00440. The molecule has 1 saturated heterocycles. The molecule has 1 aliphatic heterocycles. The Morgan fingerprint density at radius 2 is 2.19 bits per heavy atom. The Hall–Kier alpha value is -1.92. The van der Waals surface area contributed by atoms with E-state index in [-0.39, 0.29) is 12.5 Å². The van der Waals surface area contributed by atoms with Crippen molar-refractivity contribution in [2.45, 2.75) is 13.0 Å². The zero-order valence-electron chi connectivity index (χ0n) is 11.9. The number of aryl methyl sites for hydroxylation is 1. The molecule has 0 atom stereocenters. The molecule has 3 heterocycles. The van der Waals surface area contributed by atoms with Crippen molar-refractivity contribution in [2.24, 2.45) is 0 Å². The molecule has 3 rings (SSSR count). The van der Waals surface area contributed by atoms with Crippen molar-refractivity contribution >= 4 is 16.9 Å². The maximum Gasteiger partial charge on any atom is 0.257 e. The van der Waals surface area contributed by atoms with Gasteiger partial charge in [0.25, 0.3) is 5.91 Å². The number of pyridine rings is 1. The summed E-state index contributed by atoms with van der Waals surface area (Å²) in [6, 6.07) is 3.82. The first kappa shape index (κ1) is 14.0. The third-order valence-corrected chi connectivity index (χ3v) is 3.72. The van der Waals surface area contributed by atoms with Crippen LogP contribution in [0.25, 0.3) is 11.0 Å². The Labute approximate surface area is 122 Å². The van der Waals surface area contributed by atoms with E-state index in [9.17, 15) is 4.79 Å².